The molecule has 3 aromatic rings. The Morgan fingerprint density at radius 2 is 1.20 bits per heavy atom. The predicted molar refractivity (Wildman–Crippen MR) is 129 cm³/mol. The lowest BCUT2D eigenvalue weighted by Crippen LogP contribution is -2.47. The number of benzene rings is 3. The van der Waals surface area contributed by atoms with Gasteiger partial charge in [0.05, 0.1) is 0 Å². The Hall–Kier alpha value is -2.64. The van der Waals surface area contributed by atoms with Gasteiger partial charge in [0.15, 0.2) is 5.78 Å². The first-order chi connectivity index (χ1) is 14.7. The van der Waals surface area contributed by atoms with Crippen molar-refractivity contribution in [2.45, 2.75) is 44.8 Å². The fourth-order valence-corrected chi connectivity index (χ4v) is 9.02. The third kappa shape index (κ3) is 4.91. The number of unbranched alkanes of at least 4 members (excludes halogenated alkanes) is 3. The molecule has 4 heteroatoms. The second-order valence-corrected chi connectivity index (χ2v) is 11.2. The van der Waals surface area contributed by atoms with E-state index in [4.69, 9.17) is 0 Å². The van der Waals surface area contributed by atoms with Crippen molar-refractivity contribution in [3.05, 3.63) is 91.0 Å². The third-order valence-electron chi connectivity index (χ3n) is 5.58. The normalized spacial score (nSPS) is 12.3. The van der Waals surface area contributed by atoms with Crippen LogP contribution in [-0.2, 0) is 0 Å². The topological polar surface area (TPSA) is 49.3 Å². The van der Waals surface area contributed by atoms with Crippen molar-refractivity contribution in [2.75, 3.05) is 0 Å². The van der Waals surface area contributed by atoms with Gasteiger partial charge in [-0.2, -0.15) is 0 Å². The zero-order valence-electron chi connectivity index (χ0n) is 17.6. The molecule has 3 nitrogen and oxygen atoms in total. The first kappa shape index (κ1) is 22.1. The molecule has 0 aliphatic heterocycles. The summed E-state index contributed by atoms with van der Waals surface area (Å²) in [5.41, 5.74) is 0. The summed E-state index contributed by atoms with van der Waals surface area (Å²) in [6, 6.07) is 31.4. The van der Waals surface area contributed by atoms with Gasteiger partial charge in [0.2, 0.25) is 0 Å². The summed E-state index contributed by atoms with van der Waals surface area (Å²) in [4.78, 5) is 11.9. The number of hydrogen-bond donors (Lipinski definition) is 2. The molecule has 0 radical (unpaired) electrons. The molecule has 0 saturated carbocycles. The monoisotopic (exact) mass is 420 g/mol. The van der Waals surface area contributed by atoms with Gasteiger partial charge in [0.1, 0.15) is 23.2 Å². The van der Waals surface area contributed by atoms with E-state index in [1.807, 2.05) is 18.2 Å². The number of amides is 1. The van der Waals surface area contributed by atoms with Crippen molar-refractivity contribution in [1.29, 1.82) is 0 Å². The Balaban J connectivity index is 2.23. The number of carboxylic acid groups (broad SMARTS) is 1. The molecule has 2 N–H and O–H groups in total. The van der Waals surface area contributed by atoms with E-state index in [1.54, 1.807) is 0 Å². The summed E-state index contributed by atoms with van der Waals surface area (Å²) in [5.74, 6) is -0.181. The predicted octanol–water partition coefficient (Wildman–Crippen LogP) is 5.54. The highest BCUT2D eigenvalue weighted by atomic mass is 31.2. The molecule has 0 aromatic heterocycles. The summed E-state index contributed by atoms with van der Waals surface area (Å²) in [6.45, 7) is 2.20. The van der Waals surface area contributed by atoms with Gasteiger partial charge in [-0.15, -0.1) is 0 Å². The minimum absolute atomic E-state index is 0.181. The zero-order chi connectivity index (χ0) is 21.2. The fraction of sp³-hybridized carbons (Fsp3) is 0.269. The van der Waals surface area contributed by atoms with Crippen LogP contribution in [0.15, 0.2) is 91.0 Å². The van der Waals surface area contributed by atoms with Crippen LogP contribution in [0.5, 0.6) is 0 Å². The van der Waals surface area contributed by atoms with Crippen LogP contribution in [0.3, 0.4) is 0 Å². The van der Waals surface area contributed by atoms with E-state index in [-0.39, 0.29) is 5.78 Å². The fourth-order valence-electron chi connectivity index (χ4n) is 4.25. The Kier molecular flexibility index (Phi) is 8.04. The lowest BCUT2D eigenvalue weighted by atomic mass is 10.1. The second-order valence-electron chi connectivity index (χ2n) is 7.54. The Morgan fingerprint density at radius 3 is 1.57 bits per heavy atom. The largest absolute Gasteiger partial charge is 0.465 e. The highest BCUT2D eigenvalue weighted by Crippen LogP contribution is 2.60. The maximum atomic E-state index is 11.9. The lowest BCUT2D eigenvalue weighted by molar-refractivity contribution is 0.192. The molecule has 156 valence electrons. The average Bonchev–Trinajstić information content (AvgIpc) is 2.79. The molecule has 0 saturated heterocycles. The number of nitrogens with one attached hydrogen (secondary N) is 1. The molecule has 0 spiro atoms. The quantitative estimate of drug-likeness (QED) is 0.334. The van der Waals surface area contributed by atoms with Gasteiger partial charge in [-0.25, -0.2) is 4.79 Å². The third-order valence-corrected chi connectivity index (χ3v) is 10.2. The van der Waals surface area contributed by atoms with Crippen molar-refractivity contribution in [2.24, 2.45) is 0 Å². The number of rotatable bonds is 10. The van der Waals surface area contributed by atoms with E-state index < -0.39 is 13.4 Å². The number of carbonyl (C=O) groups is 1. The van der Waals surface area contributed by atoms with Crippen molar-refractivity contribution < 1.29 is 9.90 Å². The van der Waals surface area contributed by atoms with Gasteiger partial charge in [0, 0.05) is 6.42 Å². The van der Waals surface area contributed by atoms with Crippen molar-refractivity contribution >= 4 is 29.3 Å². The molecule has 3 rings (SSSR count). The molecule has 0 fully saturated rings. The molecule has 0 heterocycles. The molecular formula is C26H31NO2P+. The van der Waals surface area contributed by atoms with Crippen molar-refractivity contribution in [3.8, 4) is 0 Å². The van der Waals surface area contributed by atoms with Crippen LogP contribution >= 0.6 is 7.26 Å². The van der Waals surface area contributed by atoms with Crippen LogP contribution in [0.4, 0.5) is 4.79 Å². The van der Waals surface area contributed by atoms with Crippen LogP contribution in [0.25, 0.3) is 0 Å². The molecule has 0 bridgehead atoms. The van der Waals surface area contributed by atoms with Gasteiger partial charge >= 0.3 is 6.09 Å². The summed E-state index contributed by atoms with van der Waals surface area (Å²) in [7, 11) is -2.26. The standard InChI is InChI=1S/C26H30NO2P/c1-2-3-4-14-21-25(27-26(28)29)30(22-15-8-5-9-16-22,23-17-10-6-11-18-23)24-19-12-7-13-20-24/h5-13,15-20,25,27H,2-4,14,21H2,1H3/p+1. The van der Waals surface area contributed by atoms with Gasteiger partial charge < -0.3 is 5.11 Å². The molecular weight excluding hydrogens is 389 g/mol. The Morgan fingerprint density at radius 1 is 0.767 bits per heavy atom. The van der Waals surface area contributed by atoms with Crippen LogP contribution in [0.2, 0.25) is 0 Å². The van der Waals surface area contributed by atoms with Crippen LogP contribution < -0.4 is 21.2 Å². The van der Waals surface area contributed by atoms with E-state index in [0.717, 1.165) is 25.7 Å². The highest BCUT2D eigenvalue weighted by molar-refractivity contribution is 7.96. The van der Waals surface area contributed by atoms with Crippen LogP contribution in [0.1, 0.15) is 39.0 Å². The van der Waals surface area contributed by atoms with E-state index in [1.165, 1.54) is 22.3 Å². The second kappa shape index (κ2) is 10.9. The Bertz CT molecular complexity index is 803. The molecule has 3 aromatic carbocycles. The maximum Gasteiger partial charge on any atom is 0.407 e. The molecule has 1 amide bonds. The summed E-state index contributed by atoms with van der Waals surface area (Å²) in [6.07, 6.45) is 4.32. The minimum atomic E-state index is -2.26. The molecule has 1 atom stereocenters. The first-order valence-corrected chi connectivity index (χ1v) is 12.6. The van der Waals surface area contributed by atoms with Crippen molar-refractivity contribution in [1.82, 2.24) is 5.32 Å². The van der Waals surface area contributed by atoms with Gasteiger partial charge in [0.25, 0.3) is 0 Å². The van der Waals surface area contributed by atoms with E-state index in [0.29, 0.717) is 0 Å². The number of hydrogen-bond acceptors (Lipinski definition) is 1. The summed E-state index contributed by atoms with van der Waals surface area (Å²) < 4.78 is 0. The SMILES string of the molecule is CCCCCCC(NC(=O)O)[P+](c1ccccc1)(c1ccccc1)c1ccccc1. The average molecular weight is 421 g/mol. The molecule has 0 aliphatic carbocycles. The first-order valence-electron chi connectivity index (χ1n) is 10.7. The van der Waals surface area contributed by atoms with Gasteiger partial charge in [-0.05, 0) is 42.8 Å². The molecule has 0 aliphatic rings. The Labute approximate surface area is 180 Å². The zero-order valence-corrected chi connectivity index (χ0v) is 18.5. The van der Waals surface area contributed by atoms with Gasteiger partial charge in [-0.3, -0.25) is 5.32 Å². The van der Waals surface area contributed by atoms with Crippen LogP contribution in [0, 0.1) is 0 Å². The maximum absolute atomic E-state index is 11.9. The molecule has 30 heavy (non-hydrogen) atoms. The summed E-state index contributed by atoms with van der Waals surface area (Å²) >= 11 is 0. The summed E-state index contributed by atoms with van der Waals surface area (Å²) in [5, 5.41) is 16.4. The highest BCUT2D eigenvalue weighted by Gasteiger charge is 2.52. The van der Waals surface area contributed by atoms with Crippen LogP contribution in [-0.4, -0.2) is 17.0 Å². The van der Waals surface area contributed by atoms with E-state index >= 15 is 0 Å². The van der Waals surface area contributed by atoms with E-state index in [2.05, 4.69) is 85.0 Å². The molecule has 1 unspecified atom stereocenters. The van der Waals surface area contributed by atoms with Crippen molar-refractivity contribution in [3.63, 3.8) is 0 Å². The van der Waals surface area contributed by atoms with Gasteiger partial charge in [-0.1, -0.05) is 80.8 Å². The smallest absolute Gasteiger partial charge is 0.407 e. The minimum Gasteiger partial charge on any atom is -0.465 e. The lowest BCUT2D eigenvalue weighted by Gasteiger charge is -2.34. The van der Waals surface area contributed by atoms with E-state index in [9.17, 15) is 9.90 Å².